The van der Waals surface area contributed by atoms with E-state index in [4.69, 9.17) is 5.73 Å². The first-order valence-electron chi connectivity index (χ1n) is 4.34. The van der Waals surface area contributed by atoms with Gasteiger partial charge in [0, 0.05) is 11.6 Å². The van der Waals surface area contributed by atoms with Crippen LogP contribution in [0.3, 0.4) is 0 Å². The van der Waals surface area contributed by atoms with Gasteiger partial charge in [0.25, 0.3) is 0 Å². The molecule has 0 aliphatic heterocycles. The monoisotopic (exact) mass is 224 g/mol. The lowest BCUT2D eigenvalue weighted by Gasteiger charge is -2.03. The molecule has 5 heteroatoms. The molecule has 0 atom stereocenters. The summed E-state index contributed by atoms with van der Waals surface area (Å²) in [5.74, 6) is -0.448. The van der Waals surface area contributed by atoms with Gasteiger partial charge < -0.3 is 10.3 Å². The van der Waals surface area contributed by atoms with E-state index in [0.29, 0.717) is 6.54 Å². The van der Waals surface area contributed by atoms with Gasteiger partial charge >= 0.3 is 4.87 Å². The zero-order valence-electron chi connectivity index (χ0n) is 7.81. The molecule has 2 rings (SSSR count). The Balaban J connectivity index is 2.29. The Morgan fingerprint density at radius 1 is 1.47 bits per heavy atom. The second kappa shape index (κ2) is 3.86. The van der Waals surface area contributed by atoms with Crippen LogP contribution in [-0.2, 0) is 6.54 Å². The molecule has 0 amide bonds. The van der Waals surface area contributed by atoms with Gasteiger partial charge in [0.1, 0.15) is 5.82 Å². The Hall–Kier alpha value is -1.62. The van der Waals surface area contributed by atoms with Crippen LogP contribution in [0.2, 0.25) is 0 Å². The third kappa shape index (κ3) is 2.07. The van der Waals surface area contributed by atoms with E-state index in [-0.39, 0.29) is 10.6 Å². The first-order valence-corrected chi connectivity index (χ1v) is 5.22. The standard InChI is InChI=1S/C10H9FN2OS/c11-8-5-7(1-2-9(8)12)6-13-3-4-15-10(13)14/h1-5H,6,12H2. The van der Waals surface area contributed by atoms with E-state index < -0.39 is 5.82 Å². The molecule has 2 N–H and O–H groups in total. The first kappa shape index (κ1) is 9.92. The van der Waals surface area contributed by atoms with E-state index >= 15 is 0 Å². The summed E-state index contributed by atoms with van der Waals surface area (Å²) in [6.07, 6.45) is 1.68. The number of nitrogens with zero attached hydrogens (tertiary/aromatic N) is 1. The molecular weight excluding hydrogens is 215 g/mol. The summed E-state index contributed by atoms with van der Waals surface area (Å²) in [4.78, 5) is 11.2. The molecule has 0 fully saturated rings. The number of benzene rings is 1. The minimum Gasteiger partial charge on any atom is -0.396 e. The highest BCUT2D eigenvalue weighted by Gasteiger charge is 2.02. The number of anilines is 1. The average molecular weight is 224 g/mol. The van der Waals surface area contributed by atoms with Crippen molar-refractivity contribution in [1.29, 1.82) is 0 Å². The molecule has 2 aromatic rings. The van der Waals surface area contributed by atoms with E-state index in [1.165, 1.54) is 16.7 Å². The fourth-order valence-electron chi connectivity index (χ4n) is 1.27. The van der Waals surface area contributed by atoms with Gasteiger partial charge in [-0.3, -0.25) is 4.79 Å². The van der Waals surface area contributed by atoms with Crippen molar-refractivity contribution < 1.29 is 4.39 Å². The predicted octanol–water partition coefficient (Wildman–Crippen LogP) is 1.68. The van der Waals surface area contributed by atoms with Gasteiger partial charge in [0.05, 0.1) is 12.2 Å². The molecule has 1 aromatic heterocycles. The molecule has 0 unspecified atom stereocenters. The van der Waals surface area contributed by atoms with Crippen molar-refractivity contribution in [2.75, 3.05) is 5.73 Å². The minimum atomic E-state index is -0.448. The molecule has 0 saturated heterocycles. The van der Waals surface area contributed by atoms with E-state index in [9.17, 15) is 9.18 Å². The Bertz CT molecular complexity index is 532. The van der Waals surface area contributed by atoms with Crippen molar-refractivity contribution in [3.8, 4) is 0 Å². The number of thiazole rings is 1. The summed E-state index contributed by atoms with van der Waals surface area (Å²) in [6, 6.07) is 4.56. The van der Waals surface area contributed by atoms with Crippen molar-refractivity contribution in [3.63, 3.8) is 0 Å². The summed E-state index contributed by atoms with van der Waals surface area (Å²) in [5, 5.41) is 1.70. The minimum absolute atomic E-state index is 0.0489. The number of halogens is 1. The number of aromatic nitrogens is 1. The zero-order valence-corrected chi connectivity index (χ0v) is 8.63. The number of nitrogen functional groups attached to an aromatic ring is 1. The molecule has 1 aromatic carbocycles. The normalized spacial score (nSPS) is 10.5. The van der Waals surface area contributed by atoms with Gasteiger partial charge in [-0.05, 0) is 17.7 Å². The fourth-order valence-corrected chi connectivity index (χ4v) is 1.86. The number of hydrogen-bond acceptors (Lipinski definition) is 3. The molecule has 0 saturated carbocycles. The Labute approximate surface area is 89.6 Å². The first-order chi connectivity index (χ1) is 7.16. The highest BCUT2D eigenvalue weighted by molar-refractivity contribution is 7.07. The summed E-state index contributed by atoms with van der Waals surface area (Å²) in [5.41, 5.74) is 6.20. The molecule has 0 spiro atoms. The van der Waals surface area contributed by atoms with E-state index in [2.05, 4.69) is 0 Å². The smallest absolute Gasteiger partial charge is 0.307 e. The number of rotatable bonds is 2. The molecule has 78 valence electrons. The molecule has 15 heavy (non-hydrogen) atoms. The van der Waals surface area contributed by atoms with Crippen molar-refractivity contribution >= 4 is 17.0 Å². The molecule has 0 aliphatic carbocycles. The average Bonchev–Trinajstić information content (AvgIpc) is 2.59. The van der Waals surface area contributed by atoms with Crippen molar-refractivity contribution in [2.24, 2.45) is 0 Å². The second-order valence-electron chi connectivity index (χ2n) is 3.15. The fraction of sp³-hybridized carbons (Fsp3) is 0.100. The maximum absolute atomic E-state index is 13.1. The molecule has 0 radical (unpaired) electrons. The quantitative estimate of drug-likeness (QED) is 0.789. The van der Waals surface area contributed by atoms with Crippen LogP contribution in [-0.4, -0.2) is 4.57 Å². The maximum atomic E-state index is 13.1. The third-order valence-corrected chi connectivity index (χ3v) is 2.76. The van der Waals surface area contributed by atoms with Gasteiger partial charge in [-0.25, -0.2) is 4.39 Å². The predicted molar refractivity (Wildman–Crippen MR) is 58.5 cm³/mol. The van der Waals surface area contributed by atoms with Gasteiger partial charge in [-0.2, -0.15) is 0 Å². The van der Waals surface area contributed by atoms with Crippen LogP contribution in [0.4, 0.5) is 10.1 Å². The van der Waals surface area contributed by atoms with Crippen LogP contribution in [0, 0.1) is 5.82 Å². The van der Waals surface area contributed by atoms with Crippen LogP contribution >= 0.6 is 11.3 Å². The highest BCUT2D eigenvalue weighted by Crippen LogP contribution is 2.12. The van der Waals surface area contributed by atoms with E-state index in [1.54, 1.807) is 17.6 Å². The Kier molecular flexibility index (Phi) is 2.55. The van der Waals surface area contributed by atoms with Crippen LogP contribution in [0.15, 0.2) is 34.6 Å². The summed E-state index contributed by atoms with van der Waals surface area (Å²) in [7, 11) is 0. The Morgan fingerprint density at radius 2 is 2.27 bits per heavy atom. The molecule has 3 nitrogen and oxygen atoms in total. The third-order valence-electron chi connectivity index (χ3n) is 2.06. The van der Waals surface area contributed by atoms with Crippen LogP contribution in [0.5, 0.6) is 0 Å². The van der Waals surface area contributed by atoms with Crippen LogP contribution in [0.1, 0.15) is 5.56 Å². The van der Waals surface area contributed by atoms with Crippen molar-refractivity contribution in [1.82, 2.24) is 4.57 Å². The summed E-state index contributed by atoms with van der Waals surface area (Å²) >= 11 is 1.12. The topological polar surface area (TPSA) is 48.0 Å². The van der Waals surface area contributed by atoms with Crippen LogP contribution < -0.4 is 10.6 Å². The van der Waals surface area contributed by atoms with Gasteiger partial charge in [0.2, 0.25) is 0 Å². The molecule has 0 aliphatic rings. The summed E-state index contributed by atoms with van der Waals surface area (Å²) in [6.45, 7) is 0.375. The lowest BCUT2D eigenvalue weighted by molar-refractivity contribution is 0.628. The largest absolute Gasteiger partial charge is 0.396 e. The van der Waals surface area contributed by atoms with Crippen molar-refractivity contribution in [2.45, 2.75) is 6.54 Å². The maximum Gasteiger partial charge on any atom is 0.307 e. The van der Waals surface area contributed by atoms with Gasteiger partial charge in [0.15, 0.2) is 0 Å². The number of nitrogens with two attached hydrogens (primary N) is 1. The number of hydrogen-bond donors (Lipinski definition) is 1. The lowest BCUT2D eigenvalue weighted by atomic mass is 10.2. The molecular formula is C10H9FN2OS. The van der Waals surface area contributed by atoms with Crippen LogP contribution in [0.25, 0.3) is 0 Å². The molecule has 1 heterocycles. The van der Waals surface area contributed by atoms with Crippen molar-refractivity contribution in [3.05, 3.63) is 50.8 Å². The van der Waals surface area contributed by atoms with E-state index in [0.717, 1.165) is 16.9 Å². The van der Waals surface area contributed by atoms with Gasteiger partial charge in [-0.1, -0.05) is 17.4 Å². The molecule has 0 bridgehead atoms. The van der Waals surface area contributed by atoms with E-state index in [1.807, 2.05) is 0 Å². The zero-order chi connectivity index (χ0) is 10.8. The Morgan fingerprint density at radius 3 is 2.87 bits per heavy atom. The lowest BCUT2D eigenvalue weighted by Crippen LogP contribution is -2.12. The highest BCUT2D eigenvalue weighted by atomic mass is 32.1. The SMILES string of the molecule is Nc1ccc(Cn2ccsc2=O)cc1F. The van der Waals surface area contributed by atoms with Gasteiger partial charge in [-0.15, -0.1) is 0 Å². The summed E-state index contributed by atoms with van der Waals surface area (Å²) < 4.78 is 14.6. The second-order valence-corrected chi connectivity index (χ2v) is 4.01.